The Kier molecular flexibility index (Phi) is 2.66. The standard InChI is InChI=1S/C9H7ClF2O/c1-6-2-4-7(5-3-6)8(13)9(10,11)12/h2-5H,1H3. The van der Waals surface area contributed by atoms with Gasteiger partial charge in [-0.3, -0.25) is 4.79 Å². The van der Waals surface area contributed by atoms with Crippen molar-refractivity contribution in [2.45, 2.75) is 12.3 Å². The van der Waals surface area contributed by atoms with E-state index in [4.69, 9.17) is 0 Å². The SMILES string of the molecule is Cc1ccc(C(=O)C(F)(F)Cl)cc1. The molecule has 0 amide bonds. The molecular weight excluding hydrogens is 198 g/mol. The number of carbonyl (C=O) groups is 1. The smallest absolute Gasteiger partial charge is 0.286 e. The highest BCUT2D eigenvalue weighted by Crippen LogP contribution is 2.24. The number of aryl methyl sites for hydroxylation is 1. The Morgan fingerprint density at radius 1 is 1.31 bits per heavy atom. The number of Topliss-reactive ketones (excluding diaryl/α,β-unsaturated/α-hetero) is 1. The number of hydrogen-bond donors (Lipinski definition) is 0. The van der Waals surface area contributed by atoms with E-state index in [2.05, 4.69) is 11.6 Å². The summed E-state index contributed by atoms with van der Waals surface area (Å²) in [6, 6.07) is 5.81. The van der Waals surface area contributed by atoms with Crippen molar-refractivity contribution < 1.29 is 13.6 Å². The van der Waals surface area contributed by atoms with E-state index in [0.717, 1.165) is 5.56 Å². The van der Waals surface area contributed by atoms with Crippen LogP contribution in [0.15, 0.2) is 24.3 Å². The molecule has 0 aliphatic rings. The van der Waals surface area contributed by atoms with E-state index in [1.807, 2.05) is 0 Å². The highest BCUT2D eigenvalue weighted by atomic mass is 35.5. The minimum Gasteiger partial charge on any atom is -0.286 e. The van der Waals surface area contributed by atoms with Crippen LogP contribution in [0.5, 0.6) is 0 Å². The largest absolute Gasteiger partial charge is 0.384 e. The molecule has 13 heavy (non-hydrogen) atoms. The number of halogens is 3. The van der Waals surface area contributed by atoms with Crippen LogP contribution in [0.25, 0.3) is 0 Å². The van der Waals surface area contributed by atoms with E-state index in [0.29, 0.717) is 0 Å². The molecule has 0 saturated carbocycles. The van der Waals surface area contributed by atoms with Gasteiger partial charge in [0, 0.05) is 5.56 Å². The van der Waals surface area contributed by atoms with E-state index >= 15 is 0 Å². The Morgan fingerprint density at radius 3 is 2.15 bits per heavy atom. The number of benzene rings is 1. The molecule has 0 spiro atoms. The zero-order chi connectivity index (χ0) is 10.1. The van der Waals surface area contributed by atoms with Gasteiger partial charge >= 0.3 is 5.38 Å². The normalized spacial score (nSPS) is 11.4. The predicted octanol–water partition coefficient (Wildman–Crippen LogP) is 3.01. The molecule has 1 nitrogen and oxygen atoms in total. The van der Waals surface area contributed by atoms with Gasteiger partial charge in [0.1, 0.15) is 0 Å². The lowest BCUT2D eigenvalue weighted by molar-refractivity contribution is 0.0536. The first kappa shape index (κ1) is 10.1. The van der Waals surface area contributed by atoms with Gasteiger partial charge in [0.2, 0.25) is 5.78 Å². The quantitative estimate of drug-likeness (QED) is 0.535. The zero-order valence-corrected chi connectivity index (χ0v) is 7.61. The van der Waals surface area contributed by atoms with E-state index in [-0.39, 0.29) is 5.56 Å². The Hall–Kier alpha value is -0.960. The van der Waals surface area contributed by atoms with Crippen molar-refractivity contribution in [1.29, 1.82) is 0 Å². The Labute approximate surface area is 79.3 Å². The van der Waals surface area contributed by atoms with Crippen LogP contribution in [0, 0.1) is 6.92 Å². The Morgan fingerprint density at radius 2 is 1.77 bits per heavy atom. The highest BCUT2D eigenvalue weighted by Gasteiger charge is 2.36. The number of alkyl halides is 3. The number of rotatable bonds is 2. The van der Waals surface area contributed by atoms with Crippen LogP contribution in [0.4, 0.5) is 8.78 Å². The molecule has 0 N–H and O–H groups in total. The van der Waals surface area contributed by atoms with Crippen LogP contribution >= 0.6 is 11.6 Å². The summed E-state index contributed by atoms with van der Waals surface area (Å²) in [5.74, 6) is -1.37. The maximum atomic E-state index is 12.3. The van der Waals surface area contributed by atoms with Gasteiger partial charge in [-0.05, 0) is 18.5 Å². The number of carbonyl (C=O) groups excluding carboxylic acids is 1. The van der Waals surface area contributed by atoms with E-state index < -0.39 is 11.2 Å². The van der Waals surface area contributed by atoms with Crippen molar-refractivity contribution in [2.75, 3.05) is 0 Å². The molecule has 0 fully saturated rings. The number of ketones is 1. The molecule has 1 rings (SSSR count). The second-order valence-electron chi connectivity index (χ2n) is 2.69. The van der Waals surface area contributed by atoms with Crippen molar-refractivity contribution in [1.82, 2.24) is 0 Å². The summed E-state index contributed by atoms with van der Waals surface area (Å²) in [5, 5.41) is -3.81. The van der Waals surface area contributed by atoms with Gasteiger partial charge in [-0.25, -0.2) is 0 Å². The van der Waals surface area contributed by atoms with Gasteiger partial charge in [0.25, 0.3) is 0 Å². The first-order valence-corrected chi connectivity index (χ1v) is 3.97. The molecule has 70 valence electrons. The van der Waals surface area contributed by atoms with E-state index in [9.17, 15) is 13.6 Å². The van der Waals surface area contributed by atoms with Crippen molar-refractivity contribution in [3.63, 3.8) is 0 Å². The fourth-order valence-electron chi connectivity index (χ4n) is 0.869. The highest BCUT2D eigenvalue weighted by molar-refractivity contribution is 6.35. The van der Waals surface area contributed by atoms with Crippen molar-refractivity contribution in [3.8, 4) is 0 Å². The van der Waals surface area contributed by atoms with Gasteiger partial charge in [-0.2, -0.15) is 8.78 Å². The van der Waals surface area contributed by atoms with Gasteiger partial charge in [-0.15, -0.1) is 0 Å². The first-order valence-electron chi connectivity index (χ1n) is 3.59. The van der Waals surface area contributed by atoms with Gasteiger partial charge in [-0.1, -0.05) is 29.8 Å². The van der Waals surface area contributed by atoms with Gasteiger partial charge < -0.3 is 0 Å². The van der Waals surface area contributed by atoms with Crippen molar-refractivity contribution in [3.05, 3.63) is 35.4 Å². The summed E-state index contributed by atoms with van der Waals surface area (Å²) in [5.41, 5.74) is 0.819. The molecule has 0 unspecified atom stereocenters. The summed E-state index contributed by atoms with van der Waals surface area (Å²) in [6.07, 6.45) is 0. The van der Waals surface area contributed by atoms with Crippen LogP contribution in [0.3, 0.4) is 0 Å². The summed E-state index contributed by atoms with van der Waals surface area (Å²) >= 11 is 4.58. The third kappa shape index (κ3) is 2.49. The second-order valence-corrected chi connectivity index (χ2v) is 3.17. The second kappa shape index (κ2) is 3.42. The summed E-state index contributed by atoms with van der Waals surface area (Å²) in [4.78, 5) is 10.9. The predicted molar refractivity (Wildman–Crippen MR) is 46.3 cm³/mol. The molecule has 1 aromatic carbocycles. The molecule has 0 aliphatic heterocycles. The molecule has 0 aromatic heterocycles. The molecule has 0 radical (unpaired) electrons. The molecule has 0 bridgehead atoms. The van der Waals surface area contributed by atoms with Crippen LogP contribution in [-0.4, -0.2) is 11.2 Å². The van der Waals surface area contributed by atoms with Crippen molar-refractivity contribution in [2.24, 2.45) is 0 Å². The van der Waals surface area contributed by atoms with Crippen LogP contribution < -0.4 is 0 Å². The average molecular weight is 205 g/mol. The molecule has 0 atom stereocenters. The van der Waals surface area contributed by atoms with Crippen LogP contribution in [0.2, 0.25) is 0 Å². The lowest BCUT2D eigenvalue weighted by atomic mass is 10.1. The molecule has 0 heterocycles. The van der Waals surface area contributed by atoms with Crippen molar-refractivity contribution >= 4 is 17.4 Å². The molecule has 0 aliphatic carbocycles. The summed E-state index contributed by atoms with van der Waals surface area (Å²) in [6.45, 7) is 1.80. The van der Waals surface area contributed by atoms with Gasteiger partial charge in [0.05, 0.1) is 0 Å². The van der Waals surface area contributed by atoms with E-state index in [1.54, 1.807) is 19.1 Å². The molecular formula is C9H7ClF2O. The van der Waals surface area contributed by atoms with Crippen LogP contribution in [-0.2, 0) is 0 Å². The summed E-state index contributed by atoms with van der Waals surface area (Å²) in [7, 11) is 0. The Balaban J connectivity index is 2.97. The lowest BCUT2D eigenvalue weighted by Gasteiger charge is -2.05. The minimum atomic E-state index is -3.81. The fraction of sp³-hybridized carbons (Fsp3) is 0.222. The molecule has 4 heteroatoms. The molecule has 0 saturated heterocycles. The monoisotopic (exact) mass is 204 g/mol. The van der Waals surface area contributed by atoms with Gasteiger partial charge in [0.15, 0.2) is 0 Å². The molecule has 1 aromatic rings. The summed E-state index contributed by atoms with van der Waals surface area (Å²) < 4.78 is 24.6. The average Bonchev–Trinajstić information content (AvgIpc) is 2.03. The lowest BCUT2D eigenvalue weighted by Crippen LogP contribution is -2.21. The maximum Gasteiger partial charge on any atom is 0.384 e. The van der Waals surface area contributed by atoms with Crippen LogP contribution in [0.1, 0.15) is 15.9 Å². The fourth-order valence-corrected chi connectivity index (χ4v) is 0.978. The zero-order valence-electron chi connectivity index (χ0n) is 6.85. The third-order valence-electron chi connectivity index (χ3n) is 1.57. The Bertz CT molecular complexity index is 313. The minimum absolute atomic E-state index is 0.0781. The van der Waals surface area contributed by atoms with E-state index in [1.165, 1.54) is 12.1 Å². The first-order chi connectivity index (χ1) is 5.91. The maximum absolute atomic E-state index is 12.3. The third-order valence-corrected chi connectivity index (χ3v) is 1.74. The number of hydrogen-bond acceptors (Lipinski definition) is 1. The topological polar surface area (TPSA) is 17.1 Å².